The molecule has 2 aromatic heterocycles. The summed E-state index contributed by atoms with van der Waals surface area (Å²) in [6.07, 6.45) is 2.00. The molecule has 0 bridgehead atoms. The zero-order valence-electron chi connectivity index (χ0n) is 9.94. The van der Waals surface area contributed by atoms with E-state index in [4.69, 9.17) is 0 Å². The molecule has 0 saturated heterocycles. The summed E-state index contributed by atoms with van der Waals surface area (Å²) in [6.45, 7) is 3.71. The van der Waals surface area contributed by atoms with Gasteiger partial charge in [-0.05, 0) is 19.9 Å². The van der Waals surface area contributed by atoms with Crippen molar-refractivity contribution in [3.63, 3.8) is 0 Å². The van der Waals surface area contributed by atoms with Gasteiger partial charge in [-0.3, -0.25) is 4.98 Å². The Hall–Kier alpha value is -1.56. The Morgan fingerprint density at radius 2 is 1.61 bits per heavy atom. The molecule has 0 N–H and O–H groups in total. The van der Waals surface area contributed by atoms with Crippen molar-refractivity contribution < 1.29 is 8.78 Å². The van der Waals surface area contributed by atoms with Crippen molar-refractivity contribution in [3.8, 4) is 0 Å². The van der Waals surface area contributed by atoms with Crippen molar-refractivity contribution in [1.29, 1.82) is 0 Å². The van der Waals surface area contributed by atoms with Gasteiger partial charge in [-0.1, -0.05) is 11.8 Å². The molecule has 0 radical (unpaired) electrons. The monoisotopic (exact) mass is 267 g/mol. The summed E-state index contributed by atoms with van der Waals surface area (Å²) in [7, 11) is 0. The molecule has 2 aromatic rings. The predicted octanol–water partition coefficient (Wildman–Crippen LogP) is 3.06. The van der Waals surface area contributed by atoms with Gasteiger partial charge in [-0.25, -0.2) is 18.7 Å². The molecule has 0 aliphatic heterocycles. The third-order valence-corrected chi connectivity index (χ3v) is 3.13. The van der Waals surface area contributed by atoms with Crippen LogP contribution >= 0.6 is 11.8 Å². The second kappa shape index (κ2) is 5.39. The minimum Gasteiger partial charge on any atom is -0.259 e. The fourth-order valence-corrected chi connectivity index (χ4v) is 2.44. The van der Waals surface area contributed by atoms with E-state index in [1.807, 2.05) is 19.9 Å². The summed E-state index contributed by atoms with van der Waals surface area (Å²) in [6, 6.07) is 1.84. The fraction of sp³-hybridized carbons (Fsp3) is 0.250. The van der Waals surface area contributed by atoms with Gasteiger partial charge in [0.1, 0.15) is 11.6 Å². The van der Waals surface area contributed by atoms with Gasteiger partial charge in [0.05, 0.1) is 12.4 Å². The normalized spacial score (nSPS) is 10.7. The molecule has 18 heavy (non-hydrogen) atoms. The van der Waals surface area contributed by atoms with E-state index in [0.717, 1.165) is 23.8 Å². The second-order valence-electron chi connectivity index (χ2n) is 3.80. The van der Waals surface area contributed by atoms with Crippen LogP contribution in [0.5, 0.6) is 0 Å². The van der Waals surface area contributed by atoms with E-state index < -0.39 is 11.6 Å². The maximum absolute atomic E-state index is 13.4. The summed E-state index contributed by atoms with van der Waals surface area (Å²) in [5, 5.41) is 0.517. The molecule has 0 saturated carbocycles. The van der Waals surface area contributed by atoms with E-state index in [0.29, 0.717) is 5.16 Å². The summed E-state index contributed by atoms with van der Waals surface area (Å²) in [5.41, 5.74) is 1.67. The largest absolute Gasteiger partial charge is 0.259 e. The number of hydrogen-bond acceptors (Lipinski definition) is 4. The Bertz CT molecular complexity index is 535. The topological polar surface area (TPSA) is 38.7 Å². The smallest absolute Gasteiger partial charge is 0.188 e. The maximum Gasteiger partial charge on any atom is 0.188 e. The van der Waals surface area contributed by atoms with Crippen molar-refractivity contribution >= 4 is 11.8 Å². The molecule has 0 amide bonds. The van der Waals surface area contributed by atoms with Crippen LogP contribution in [0, 0.1) is 25.5 Å². The van der Waals surface area contributed by atoms with Crippen LogP contribution in [-0.4, -0.2) is 15.0 Å². The Kier molecular flexibility index (Phi) is 3.86. The van der Waals surface area contributed by atoms with E-state index in [1.165, 1.54) is 11.8 Å². The van der Waals surface area contributed by atoms with Crippen molar-refractivity contribution in [2.45, 2.75) is 24.8 Å². The minimum absolute atomic E-state index is 0.00207. The van der Waals surface area contributed by atoms with Crippen LogP contribution in [0.1, 0.15) is 17.0 Å². The van der Waals surface area contributed by atoms with E-state index in [1.54, 1.807) is 0 Å². The molecule has 0 spiro atoms. The second-order valence-corrected chi connectivity index (χ2v) is 4.75. The Balaban J connectivity index is 2.16. The highest BCUT2D eigenvalue weighted by molar-refractivity contribution is 7.98. The van der Waals surface area contributed by atoms with Gasteiger partial charge in [0.15, 0.2) is 5.16 Å². The average molecular weight is 267 g/mol. The van der Waals surface area contributed by atoms with Crippen molar-refractivity contribution in [3.05, 3.63) is 47.0 Å². The van der Waals surface area contributed by atoms with Crippen LogP contribution in [0.4, 0.5) is 8.78 Å². The minimum atomic E-state index is -0.646. The SMILES string of the molecule is Cc1cc(C)nc(SCc2c(F)cncc2F)n1. The number of aryl methyl sites for hydroxylation is 2. The molecule has 94 valence electrons. The first-order chi connectivity index (χ1) is 8.56. The van der Waals surface area contributed by atoms with Crippen molar-refractivity contribution in [2.75, 3.05) is 0 Å². The van der Waals surface area contributed by atoms with Crippen LogP contribution in [-0.2, 0) is 5.75 Å². The highest BCUT2D eigenvalue weighted by Crippen LogP contribution is 2.22. The lowest BCUT2D eigenvalue weighted by Gasteiger charge is -2.04. The molecular weight excluding hydrogens is 256 g/mol. The highest BCUT2D eigenvalue weighted by Gasteiger charge is 2.10. The first kappa shape index (κ1) is 12.9. The number of aromatic nitrogens is 3. The Labute approximate surface area is 108 Å². The van der Waals surface area contributed by atoms with Gasteiger partial charge in [-0.15, -0.1) is 0 Å². The lowest BCUT2D eigenvalue weighted by atomic mass is 10.3. The molecule has 2 heterocycles. The van der Waals surface area contributed by atoms with Crippen LogP contribution in [0.2, 0.25) is 0 Å². The van der Waals surface area contributed by atoms with Crippen molar-refractivity contribution in [1.82, 2.24) is 15.0 Å². The first-order valence-corrected chi connectivity index (χ1v) is 6.28. The Morgan fingerprint density at radius 1 is 1.06 bits per heavy atom. The van der Waals surface area contributed by atoms with E-state index in [-0.39, 0.29) is 11.3 Å². The average Bonchev–Trinajstić information content (AvgIpc) is 2.27. The van der Waals surface area contributed by atoms with Crippen LogP contribution < -0.4 is 0 Å². The number of halogens is 2. The molecule has 2 rings (SSSR count). The third kappa shape index (κ3) is 3.01. The van der Waals surface area contributed by atoms with Gasteiger partial charge in [0, 0.05) is 22.7 Å². The third-order valence-electron chi connectivity index (χ3n) is 2.26. The van der Waals surface area contributed by atoms with E-state index in [9.17, 15) is 8.78 Å². The molecule has 0 fully saturated rings. The molecule has 0 aliphatic rings. The number of hydrogen-bond donors (Lipinski definition) is 0. The molecule has 0 aromatic carbocycles. The van der Waals surface area contributed by atoms with E-state index in [2.05, 4.69) is 15.0 Å². The van der Waals surface area contributed by atoms with Crippen molar-refractivity contribution in [2.24, 2.45) is 0 Å². The fourth-order valence-electron chi connectivity index (χ4n) is 1.47. The molecule has 3 nitrogen and oxygen atoms in total. The maximum atomic E-state index is 13.4. The molecule has 6 heteroatoms. The van der Waals surface area contributed by atoms with Crippen LogP contribution in [0.25, 0.3) is 0 Å². The summed E-state index contributed by atoms with van der Waals surface area (Å²) in [5.74, 6) is -1.15. The van der Waals surface area contributed by atoms with Gasteiger partial charge >= 0.3 is 0 Å². The van der Waals surface area contributed by atoms with Crippen LogP contribution in [0.15, 0.2) is 23.6 Å². The van der Waals surface area contributed by atoms with Crippen LogP contribution in [0.3, 0.4) is 0 Å². The highest BCUT2D eigenvalue weighted by atomic mass is 32.2. The summed E-state index contributed by atoms with van der Waals surface area (Å²) < 4.78 is 26.7. The molecule has 0 atom stereocenters. The zero-order valence-corrected chi connectivity index (χ0v) is 10.8. The summed E-state index contributed by atoms with van der Waals surface area (Å²) >= 11 is 1.20. The number of nitrogens with zero attached hydrogens (tertiary/aromatic N) is 3. The zero-order chi connectivity index (χ0) is 13.1. The quantitative estimate of drug-likeness (QED) is 0.633. The van der Waals surface area contributed by atoms with E-state index >= 15 is 0 Å². The Morgan fingerprint density at radius 3 is 2.17 bits per heavy atom. The predicted molar refractivity (Wildman–Crippen MR) is 65.2 cm³/mol. The van der Waals surface area contributed by atoms with Gasteiger partial charge in [0.2, 0.25) is 0 Å². The summed E-state index contributed by atoms with van der Waals surface area (Å²) in [4.78, 5) is 11.8. The molecular formula is C12H11F2N3S. The van der Waals surface area contributed by atoms with Gasteiger partial charge < -0.3 is 0 Å². The van der Waals surface area contributed by atoms with Gasteiger partial charge in [-0.2, -0.15) is 0 Å². The standard InChI is InChI=1S/C12H11F2N3S/c1-7-3-8(2)17-12(16-7)18-6-9-10(13)4-15-5-11(9)14/h3-5H,6H2,1-2H3. The number of rotatable bonds is 3. The van der Waals surface area contributed by atoms with Gasteiger partial charge in [0.25, 0.3) is 0 Å². The lowest BCUT2D eigenvalue weighted by molar-refractivity contribution is 0.556. The lowest BCUT2D eigenvalue weighted by Crippen LogP contribution is -1.97. The molecule has 0 unspecified atom stereocenters. The first-order valence-electron chi connectivity index (χ1n) is 5.29. The number of pyridine rings is 1. The number of thioether (sulfide) groups is 1. The molecule has 0 aliphatic carbocycles.